The minimum atomic E-state index is -0.809. The van der Waals surface area contributed by atoms with Crippen LogP contribution >= 0.6 is 0 Å². The van der Waals surface area contributed by atoms with E-state index in [1.54, 1.807) is 0 Å². The van der Waals surface area contributed by atoms with E-state index in [0.29, 0.717) is 18.6 Å². The molecule has 3 atom stereocenters. The van der Waals surface area contributed by atoms with E-state index >= 15 is 0 Å². The maximum atomic E-state index is 13.6. The number of anilines is 2. The van der Waals surface area contributed by atoms with Crippen molar-refractivity contribution in [2.75, 3.05) is 24.4 Å². The maximum Gasteiger partial charge on any atom is 0.316 e. The van der Waals surface area contributed by atoms with Gasteiger partial charge >= 0.3 is 5.97 Å². The highest BCUT2D eigenvalue weighted by molar-refractivity contribution is 6.11. The third-order valence-corrected chi connectivity index (χ3v) is 5.73. The van der Waals surface area contributed by atoms with Crippen molar-refractivity contribution in [2.24, 2.45) is 11.8 Å². The summed E-state index contributed by atoms with van der Waals surface area (Å²) in [7, 11) is 1.33. The lowest BCUT2D eigenvalue weighted by molar-refractivity contribution is -0.151. The van der Waals surface area contributed by atoms with E-state index in [1.807, 2.05) is 62.4 Å². The molecule has 2 aliphatic rings. The van der Waals surface area contributed by atoms with Crippen LogP contribution in [0, 0.1) is 11.8 Å². The Labute approximate surface area is 176 Å². The molecule has 1 aliphatic heterocycles. The lowest BCUT2D eigenvalue weighted by Crippen LogP contribution is -2.39. The number of allylic oxidation sites excluding steroid dienone is 1. The molecule has 6 heteroatoms. The van der Waals surface area contributed by atoms with Gasteiger partial charge in [-0.1, -0.05) is 31.2 Å². The molecule has 30 heavy (non-hydrogen) atoms. The number of rotatable bonds is 4. The third kappa shape index (κ3) is 3.54. The summed E-state index contributed by atoms with van der Waals surface area (Å²) in [6.45, 7) is 4.41. The SMILES string of the molecule is CCOc1cccc([C@H]2Nc3ccccc3NC3=C2C(=O)[C@H](C(=O)OC)[C@@H](C)C3)c1. The van der Waals surface area contributed by atoms with Crippen LogP contribution in [0.5, 0.6) is 5.75 Å². The fraction of sp³-hybridized carbons (Fsp3) is 0.333. The zero-order valence-electron chi connectivity index (χ0n) is 17.4. The second kappa shape index (κ2) is 8.22. The molecule has 2 aromatic carbocycles. The molecule has 0 radical (unpaired) electrons. The van der Waals surface area contributed by atoms with Gasteiger partial charge in [-0.2, -0.15) is 0 Å². The van der Waals surface area contributed by atoms with Crippen LogP contribution in [0.2, 0.25) is 0 Å². The fourth-order valence-corrected chi connectivity index (χ4v) is 4.33. The molecule has 0 bridgehead atoms. The van der Waals surface area contributed by atoms with E-state index < -0.39 is 17.9 Å². The normalized spacial score (nSPS) is 22.8. The number of fused-ring (bicyclic) bond motifs is 1. The molecule has 1 aliphatic carbocycles. The van der Waals surface area contributed by atoms with Crippen LogP contribution in [0.1, 0.15) is 31.9 Å². The van der Waals surface area contributed by atoms with Crippen molar-refractivity contribution in [3.63, 3.8) is 0 Å². The van der Waals surface area contributed by atoms with Gasteiger partial charge in [-0.25, -0.2) is 0 Å². The molecule has 2 aromatic rings. The standard InChI is InChI=1S/C24H26N2O4/c1-4-30-16-9-7-8-15(13-16)22-21-19(25-17-10-5-6-11-18(17)26-22)12-14(2)20(23(21)27)24(28)29-3/h5-11,13-14,20,22,25-26H,4,12H2,1-3H3/t14-,20+,22+/m0/s1. The molecule has 1 heterocycles. The number of benzene rings is 2. The Balaban J connectivity index is 1.85. The summed E-state index contributed by atoms with van der Waals surface area (Å²) in [6.07, 6.45) is 0.582. The molecule has 0 amide bonds. The molecule has 0 spiro atoms. The van der Waals surface area contributed by atoms with Gasteiger partial charge < -0.3 is 20.1 Å². The van der Waals surface area contributed by atoms with E-state index in [1.165, 1.54) is 7.11 Å². The number of hydrogen-bond donors (Lipinski definition) is 2. The molecule has 0 aromatic heterocycles. The molecule has 0 saturated heterocycles. The minimum absolute atomic E-state index is 0.156. The summed E-state index contributed by atoms with van der Waals surface area (Å²) in [6, 6.07) is 15.2. The van der Waals surface area contributed by atoms with Crippen LogP contribution in [-0.2, 0) is 14.3 Å². The lowest BCUT2D eigenvalue weighted by atomic mass is 9.75. The molecular weight excluding hydrogens is 380 g/mol. The number of para-hydroxylation sites is 2. The third-order valence-electron chi connectivity index (χ3n) is 5.73. The van der Waals surface area contributed by atoms with Gasteiger partial charge in [0.1, 0.15) is 11.7 Å². The number of hydrogen-bond acceptors (Lipinski definition) is 6. The van der Waals surface area contributed by atoms with Gasteiger partial charge in [-0.15, -0.1) is 0 Å². The van der Waals surface area contributed by atoms with Gasteiger partial charge in [0, 0.05) is 11.3 Å². The van der Waals surface area contributed by atoms with E-state index in [9.17, 15) is 9.59 Å². The number of ketones is 1. The van der Waals surface area contributed by atoms with Crippen molar-refractivity contribution in [2.45, 2.75) is 26.3 Å². The van der Waals surface area contributed by atoms with E-state index in [-0.39, 0.29) is 11.7 Å². The van der Waals surface area contributed by atoms with Gasteiger partial charge in [0.05, 0.1) is 31.1 Å². The second-order valence-corrected chi connectivity index (χ2v) is 7.69. The first kappa shape index (κ1) is 20.0. The zero-order valence-corrected chi connectivity index (χ0v) is 17.4. The largest absolute Gasteiger partial charge is 0.494 e. The summed E-state index contributed by atoms with van der Waals surface area (Å²) in [5.41, 5.74) is 4.13. The molecule has 0 saturated carbocycles. The monoisotopic (exact) mass is 406 g/mol. The summed E-state index contributed by atoms with van der Waals surface area (Å²) in [4.78, 5) is 26.0. The Morgan fingerprint density at radius 1 is 1.13 bits per heavy atom. The van der Waals surface area contributed by atoms with Crippen LogP contribution in [0.25, 0.3) is 0 Å². The Kier molecular flexibility index (Phi) is 5.48. The number of Topliss-reactive ketones (excluding diaryl/α,β-unsaturated/α-hetero) is 1. The van der Waals surface area contributed by atoms with E-state index in [0.717, 1.165) is 28.4 Å². The smallest absolute Gasteiger partial charge is 0.316 e. The molecular formula is C24H26N2O4. The van der Waals surface area contributed by atoms with Crippen molar-refractivity contribution < 1.29 is 19.1 Å². The maximum absolute atomic E-state index is 13.6. The Hall–Kier alpha value is -3.28. The molecule has 6 nitrogen and oxygen atoms in total. The van der Waals surface area contributed by atoms with Crippen molar-refractivity contribution in [3.8, 4) is 5.75 Å². The average molecular weight is 406 g/mol. The molecule has 4 rings (SSSR count). The fourth-order valence-electron chi connectivity index (χ4n) is 4.33. The summed E-state index contributed by atoms with van der Waals surface area (Å²) in [5.74, 6) is -0.906. The predicted molar refractivity (Wildman–Crippen MR) is 115 cm³/mol. The molecule has 0 unspecified atom stereocenters. The zero-order chi connectivity index (χ0) is 21.3. The number of methoxy groups -OCH3 is 1. The first-order valence-corrected chi connectivity index (χ1v) is 10.2. The quantitative estimate of drug-likeness (QED) is 0.582. The van der Waals surface area contributed by atoms with Gasteiger partial charge in [0.2, 0.25) is 0 Å². The van der Waals surface area contributed by atoms with Crippen molar-refractivity contribution in [1.29, 1.82) is 0 Å². The summed E-state index contributed by atoms with van der Waals surface area (Å²) >= 11 is 0. The van der Waals surface area contributed by atoms with Gasteiger partial charge in [0.25, 0.3) is 0 Å². The highest BCUT2D eigenvalue weighted by Crippen LogP contribution is 2.44. The number of esters is 1. The van der Waals surface area contributed by atoms with Crippen LogP contribution < -0.4 is 15.4 Å². The van der Waals surface area contributed by atoms with Crippen molar-refractivity contribution in [1.82, 2.24) is 0 Å². The molecule has 2 N–H and O–H groups in total. The van der Waals surface area contributed by atoms with E-state index in [4.69, 9.17) is 9.47 Å². The molecule has 156 valence electrons. The van der Waals surface area contributed by atoms with Gasteiger partial charge in [0.15, 0.2) is 5.78 Å². The average Bonchev–Trinajstić information content (AvgIpc) is 2.90. The Morgan fingerprint density at radius 3 is 2.63 bits per heavy atom. The van der Waals surface area contributed by atoms with Crippen LogP contribution in [0.3, 0.4) is 0 Å². The highest BCUT2D eigenvalue weighted by Gasteiger charge is 2.44. The first-order chi connectivity index (χ1) is 14.5. The van der Waals surface area contributed by atoms with Crippen LogP contribution in [0.15, 0.2) is 59.8 Å². The first-order valence-electron chi connectivity index (χ1n) is 10.2. The van der Waals surface area contributed by atoms with Gasteiger partial charge in [-0.3, -0.25) is 9.59 Å². The van der Waals surface area contributed by atoms with E-state index in [2.05, 4.69) is 10.6 Å². The predicted octanol–water partition coefficient (Wildman–Crippen LogP) is 4.32. The summed E-state index contributed by atoms with van der Waals surface area (Å²) in [5, 5.41) is 6.97. The number of ether oxygens (including phenoxy) is 2. The Morgan fingerprint density at radius 2 is 1.90 bits per heavy atom. The second-order valence-electron chi connectivity index (χ2n) is 7.69. The van der Waals surface area contributed by atoms with Crippen molar-refractivity contribution >= 4 is 23.1 Å². The van der Waals surface area contributed by atoms with Gasteiger partial charge in [-0.05, 0) is 49.1 Å². The number of carbonyl (C=O) groups excluding carboxylic acids is 2. The Bertz CT molecular complexity index is 1010. The highest BCUT2D eigenvalue weighted by atomic mass is 16.5. The number of carbonyl (C=O) groups is 2. The summed E-state index contributed by atoms with van der Waals surface area (Å²) < 4.78 is 10.6. The van der Waals surface area contributed by atoms with Crippen molar-refractivity contribution in [3.05, 3.63) is 65.4 Å². The van der Waals surface area contributed by atoms with Crippen LogP contribution in [-0.4, -0.2) is 25.5 Å². The molecule has 0 fully saturated rings. The van der Waals surface area contributed by atoms with Crippen LogP contribution in [0.4, 0.5) is 11.4 Å². The topological polar surface area (TPSA) is 76.7 Å². The lowest BCUT2D eigenvalue weighted by Gasteiger charge is -2.32. The number of nitrogens with one attached hydrogen (secondary N) is 2. The minimum Gasteiger partial charge on any atom is -0.494 e.